The van der Waals surface area contributed by atoms with Gasteiger partial charge in [0, 0.05) is 6.04 Å². The summed E-state index contributed by atoms with van der Waals surface area (Å²) in [7, 11) is -3.27. The van der Waals surface area contributed by atoms with Crippen LogP contribution in [0, 0.1) is 5.92 Å². The summed E-state index contributed by atoms with van der Waals surface area (Å²) in [6, 6.07) is 0.396. The van der Waals surface area contributed by atoms with E-state index in [1.165, 1.54) is 24.4 Å². The fourth-order valence-corrected chi connectivity index (χ4v) is 5.42. The van der Waals surface area contributed by atoms with Crippen molar-refractivity contribution in [3.05, 3.63) is 0 Å². The van der Waals surface area contributed by atoms with E-state index in [1.54, 1.807) is 0 Å². The number of sulfone groups is 1. The molecule has 0 saturated heterocycles. The second-order valence-corrected chi connectivity index (χ2v) is 8.44. The van der Waals surface area contributed by atoms with Crippen LogP contribution in [0.25, 0.3) is 0 Å². The van der Waals surface area contributed by atoms with Gasteiger partial charge in [0.1, 0.15) is 9.90 Å². The van der Waals surface area contributed by atoms with Gasteiger partial charge in [-0.05, 0) is 43.1 Å². The predicted molar refractivity (Wildman–Crippen MR) is 77.2 cm³/mol. The lowest BCUT2D eigenvalue weighted by atomic mass is 10.2. The number of hydrogen-bond donors (Lipinski definition) is 2. The highest BCUT2D eigenvalue weighted by Gasteiger charge is 2.43. The van der Waals surface area contributed by atoms with Crippen LogP contribution >= 0.6 is 11.5 Å². The van der Waals surface area contributed by atoms with Crippen molar-refractivity contribution >= 4 is 32.2 Å². The monoisotopic (exact) mass is 301 g/mol. The third-order valence-corrected chi connectivity index (χ3v) is 7.07. The fourth-order valence-electron chi connectivity index (χ4n) is 2.49. The molecule has 1 heterocycles. The highest BCUT2D eigenvalue weighted by molar-refractivity contribution is 7.92. The van der Waals surface area contributed by atoms with Gasteiger partial charge in [0.15, 0.2) is 15.7 Å². The molecule has 1 aromatic heterocycles. The molecule has 0 amide bonds. The van der Waals surface area contributed by atoms with E-state index in [2.05, 4.69) is 16.6 Å². The minimum absolute atomic E-state index is 0.159. The number of nitrogens with zero attached hydrogens (tertiary/aromatic N) is 1. The van der Waals surface area contributed by atoms with Crippen LogP contribution in [0.1, 0.15) is 39.0 Å². The summed E-state index contributed by atoms with van der Waals surface area (Å²) in [5.74, 6) is 0.830. The fraction of sp³-hybridized carbons (Fsp3) is 0.750. The van der Waals surface area contributed by atoms with Crippen LogP contribution in [-0.4, -0.2) is 24.1 Å². The van der Waals surface area contributed by atoms with Crippen molar-refractivity contribution in [2.24, 2.45) is 5.92 Å². The first kappa shape index (κ1) is 13.2. The van der Waals surface area contributed by atoms with E-state index in [-0.39, 0.29) is 16.0 Å². The van der Waals surface area contributed by atoms with Crippen molar-refractivity contribution in [2.75, 3.05) is 11.1 Å². The van der Waals surface area contributed by atoms with Gasteiger partial charge in [-0.15, -0.1) is 0 Å². The Morgan fingerprint density at radius 3 is 2.84 bits per heavy atom. The maximum atomic E-state index is 12.4. The van der Waals surface area contributed by atoms with Crippen LogP contribution in [-0.2, 0) is 9.84 Å². The Morgan fingerprint density at radius 2 is 2.21 bits per heavy atom. The van der Waals surface area contributed by atoms with Gasteiger partial charge in [-0.3, -0.25) is 0 Å². The Balaban J connectivity index is 1.80. The lowest BCUT2D eigenvalue weighted by molar-refractivity contribution is 0.595. The summed E-state index contributed by atoms with van der Waals surface area (Å²) in [5.41, 5.74) is 5.76. The van der Waals surface area contributed by atoms with Crippen LogP contribution in [0.5, 0.6) is 0 Å². The van der Waals surface area contributed by atoms with E-state index in [1.807, 2.05) is 0 Å². The number of aromatic nitrogens is 1. The third kappa shape index (κ3) is 2.45. The molecule has 2 fully saturated rings. The first-order valence-electron chi connectivity index (χ1n) is 6.79. The Labute approximate surface area is 117 Å². The van der Waals surface area contributed by atoms with Gasteiger partial charge < -0.3 is 11.1 Å². The molecule has 0 spiro atoms. The number of anilines is 2. The van der Waals surface area contributed by atoms with E-state index in [0.717, 1.165) is 19.3 Å². The molecule has 3 N–H and O–H groups in total. The second-order valence-electron chi connectivity index (χ2n) is 5.51. The highest BCUT2D eigenvalue weighted by Crippen LogP contribution is 2.44. The second kappa shape index (κ2) is 4.63. The van der Waals surface area contributed by atoms with E-state index in [4.69, 9.17) is 5.73 Å². The maximum absolute atomic E-state index is 12.4. The SMILES string of the molecule is CCCC1CC1Nc1snc(N)c1S(=O)(=O)C1CC1. The van der Waals surface area contributed by atoms with Crippen molar-refractivity contribution in [1.29, 1.82) is 0 Å². The van der Waals surface area contributed by atoms with Crippen molar-refractivity contribution in [3.63, 3.8) is 0 Å². The molecule has 5 nitrogen and oxygen atoms in total. The van der Waals surface area contributed by atoms with Crippen LogP contribution in [0.4, 0.5) is 10.8 Å². The van der Waals surface area contributed by atoms with Gasteiger partial charge in [0.25, 0.3) is 0 Å². The molecule has 0 bridgehead atoms. The Kier molecular flexibility index (Phi) is 3.21. The molecule has 7 heteroatoms. The number of rotatable bonds is 6. The quantitative estimate of drug-likeness (QED) is 0.842. The molecule has 3 rings (SSSR count). The molecule has 0 aromatic carbocycles. The molecule has 0 aliphatic heterocycles. The molecule has 2 saturated carbocycles. The molecule has 2 unspecified atom stereocenters. The molecule has 19 heavy (non-hydrogen) atoms. The smallest absolute Gasteiger partial charge is 0.187 e. The average molecular weight is 301 g/mol. The van der Waals surface area contributed by atoms with Crippen molar-refractivity contribution in [3.8, 4) is 0 Å². The maximum Gasteiger partial charge on any atom is 0.187 e. The summed E-state index contributed by atoms with van der Waals surface area (Å²) in [6.07, 6.45) is 4.98. The molecule has 106 valence electrons. The van der Waals surface area contributed by atoms with Crippen LogP contribution in [0.3, 0.4) is 0 Å². The van der Waals surface area contributed by atoms with Crippen molar-refractivity contribution < 1.29 is 8.42 Å². The molecule has 2 aliphatic rings. The Morgan fingerprint density at radius 1 is 1.47 bits per heavy atom. The first-order chi connectivity index (χ1) is 9.04. The highest BCUT2D eigenvalue weighted by atomic mass is 32.2. The van der Waals surface area contributed by atoms with Gasteiger partial charge in [-0.25, -0.2) is 8.42 Å². The summed E-state index contributed by atoms with van der Waals surface area (Å²) in [4.78, 5) is 0.252. The van der Waals surface area contributed by atoms with Gasteiger partial charge in [0.2, 0.25) is 0 Å². The summed E-state index contributed by atoms with van der Waals surface area (Å²) in [5, 5.41) is 3.73. The van der Waals surface area contributed by atoms with E-state index >= 15 is 0 Å². The first-order valence-corrected chi connectivity index (χ1v) is 9.11. The van der Waals surface area contributed by atoms with Gasteiger partial charge >= 0.3 is 0 Å². The Bertz CT molecular complexity index is 578. The van der Waals surface area contributed by atoms with Crippen LogP contribution < -0.4 is 11.1 Å². The minimum Gasteiger partial charge on any atom is -0.382 e. The topological polar surface area (TPSA) is 85.1 Å². The van der Waals surface area contributed by atoms with E-state index in [9.17, 15) is 8.42 Å². The van der Waals surface area contributed by atoms with Crippen molar-refractivity contribution in [2.45, 2.75) is 55.2 Å². The van der Waals surface area contributed by atoms with Gasteiger partial charge in [-0.1, -0.05) is 13.3 Å². The number of nitrogen functional groups attached to an aromatic ring is 1. The van der Waals surface area contributed by atoms with Crippen LogP contribution in [0.2, 0.25) is 0 Å². The zero-order valence-electron chi connectivity index (χ0n) is 10.9. The largest absolute Gasteiger partial charge is 0.382 e. The van der Waals surface area contributed by atoms with E-state index in [0.29, 0.717) is 17.0 Å². The molecule has 2 atom stereocenters. The lowest BCUT2D eigenvalue weighted by Crippen LogP contribution is -2.13. The summed E-state index contributed by atoms with van der Waals surface area (Å²) >= 11 is 1.17. The molecular weight excluding hydrogens is 282 g/mol. The normalized spacial score (nSPS) is 26.4. The summed E-state index contributed by atoms with van der Waals surface area (Å²) < 4.78 is 28.7. The standard InChI is InChI=1S/C12H19N3O2S2/c1-2-3-7-6-9(7)14-12-10(11(13)15-18-12)19(16,17)8-4-5-8/h7-9,14H,2-6H2,1H3,(H2,13,15). The summed E-state index contributed by atoms with van der Waals surface area (Å²) in [6.45, 7) is 2.17. The zero-order chi connectivity index (χ0) is 13.6. The number of hydrogen-bond acceptors (Lipinski definition) is 6. The molecule has 1 aromatic rings. The Hall–Kier alpha value is -0.820. The number of nitrogens with one attached hydrogen (secondary N) is 1. The molecule has 0 radical (unpaired) electrons. The molecular formula is C12H19N3O2S2. The zero-order valence-corrected chi connectivity index (χ0v) is 12.6. The van der Waals surface area contributed by atoms with Crippen molar-refractivity contribution in [1.82, 2.24) is 4.37 Å². The van der Waals surface area contributed by atoms with Gasteiger partial charge in [0.05, 0.1) is 5.25 Å². The third-order valence-electron chi connectivity index (χ3n) is 3.82. The number of nitrogens with two attached hydrogens (primary N) is 1. The lowest BCUT2D eigenvalue weighted by Gasteiger charge is -2.07. The van der Waals surface area contributed by atoms with Crippen LogP contribution in [0.15, 0.2) is 4.90 Å². The van der Waals surface area contributed by atoms with E-state index < -0.39 is 9.84 Å². The minimum atomic E-state index is -3.27. The predicted octanol–water partition coefficient (Wildman–Crippen LogP) is 2.26. The average Bonchev–Trinajstić information content (AvgIpc) is 3.22. The van der Waals surface area contributed by atoms with Gasteiger partial charge in [-0.2, -0.15) is 4.37 Å². The molecule has 2 aliphatic carbocycles.